The molecule has 5 heteroatoms. The highest BCUT2D eigenvalue weighted by Crippen LogP contribution is 2.22. The molecule has 0 spiro atoms. The zero-order valence-corrected chi connectivity index (χ0v) is 17.0. The maximum absolute atomic E-state index is 12.1. The highest BCUT2D eigenvalue weighted by molar-refractivity contribution is 6.02. The van der Waals surface area contributed by atoms with E-state index in [0.29, 0.717) is 0 Å². The summed E-state index contributed by atoms with van der Waals surface area (Å²) in [5, 5.41) is 11.7. The van der Waals surface area contributed by atoms with Gasteiger partial charge in [-0.2, -0.15) is 0 Å². The summed E-state index contributed by atoms with van der Waals surface area (Å²) in [5.41, 5.74) is 3.54. The smallest absolute Gasteiger partial charge is 0.248 e. The second-order valence-electron chi connectivity index (χ2n) is 7.49. The van der Waals surface area contributed by atoms with Gasteiger partial charge in [-0.1, -0.05) is 55.3 Å². The van der Waals surface area contributed by atoms with Crippen LogP contribution in [0.4, 0.5) is 11.5 Å². The molecule has 0 bridgehead atoms. The van der Waals surface area contributed by atoms with Crippen LogP contribution in [0.5, 0.6) is 0 Å². The van der Waals surface area contributed by atoms with Crippen molar-refractivity contribution in [1.29, 1.82) is 0 Å². The molecule has 1 saturated heterocycles. The second-order valence-corrected chi connectivity index (χ2v) is 7.49. The summed E-state index contributed by atoms with van der Waals surface area (Å²) in [5.74, 6) is 0.794. The van der Waals surface area contributed by atoms with Gasteiger partial charge in [0.25, 0.3) is 0 Å². The van der Waals surface area contributed by atoms with Gasteiger partial charge in [0.2, 0.25) is 5.91 Å². The maximum atomic E-state index is 12.1. The van der Waals surface area contributed by atoms with E-state index in [-0.39, 0.29) is 5.91 Å². The Morgan fingerprint density at radius 2 is 1.57 bits per heavy atom. The lowest BCUT2D eigenvalue weighted by Gasteiger charge is -2.20. The first kappa shape index (κ1) is 19.8. The summed E-state index contributed by atoms with van der Waals surface area (Å²) >= 11 is 0. The monoisotopic (exact) mass is 398 g/mol. The first-order valence-electron chi connectivity index (χ1n) is 10.5. The van der Waals surface area contributed by atoms with Gasteiger partial charge in [-0.25, -0.2) is 0 Å². The third kappa shape index (κ3) is 5.32. The Morgan fingerprint density at radius 1 is 0.833 bits per heavy atom. The quantitative estimate of drug-likeness (QED) is 0.602. The lowest BCUT2D eigenvalue weighted by molar-refractivity contribution is -0.111. The number of rotatable bonds is 5. The first-order valence-corrected chi connectivity index (χ1v) is 10.5. The van der Waals surface area contributed by atoms with Gasteiger partial charge in [0, 0.05) is 30.4 Å². The van der Waals surface area contributed by atoms with E-state index in [1.54, 1.807) is 6.08 Å². The van der Waals surface area contributed by atoms with Crippen LogP contribution < -0.4 is 10.2 Å². The average molecular weight is 399 g/mol. The van der Waals surface area contributed by atoms with Crippen LogP contribution in [0.1, 0.15) is 31.2 Å². The minimum Gasteiger partial charge on any atom is -0.355 e. The Morgan fingerprint density at radius 3 is 2.23 bits per heavy atom. The maximum Gasteiger partial charge on any atom is 0.248 e. The molecule has 0 saturated carbocycles. The summed E-state index contributed by atoms with van der Waals surface area (Å²) in [7, 11) is 0. The second kappa shape index (κ2) is 9.83. The topological polar surface area (TPSA) is 58.1 Å². The van der Waals surface area contributed by atoms with Crippen molar-refractivity contribution < 1.29 is 4.79 Å². The van der Waals surface area contributed by atoms with Crippen LogP contribution in [0.25, 0.3) is 17.3 Å². The number of benzene rings is 2. The molecule has 0 radical (unpaired) electrons. The zero-order valence-electron chi connectivity index (χ0n) is 17.0. The SMILES string of the molecule is O=C(/C=C/c1ccccc1)Nc1ccc(-c2ccc(N3CCCCCC3)nn2)cc1. The molecule has 0 atom stereocenters. The van der Waals surface area contributed by atoms with Gasteiger partial charge in [-0.05, 0) is 48.7 Å². The van der Waals surface area contributed by atoms with Crippen molar-refractivity contribution in [2.75, 3.05) is 23.3 Å². The zero-order chi connectivity index (χ0) is 20.6. The van der Waals surface area contributed by atoms with Crippen LogP contribution in [-0.4, -0.2) is 29.2 Å². The van der Waals surface area contributed by atoms with Gasteiger partial charge >= 0.3 is 0 Å². The molecule has 1 aliphatic rings. The number of hydrogen-bond donors (Lipinski definition) is 1. The van der Waals surface area contributed by atoms with E-state index >= 15 is 0 Å². The fourth-order valence-electron chi connectivity index (χ4n) is 3.59. The van der Waals surface area contributed by atoms with Crippen LogP contribution in [0.15, 0.2) is 72.8 Å². The fourth-order valence-corrected chi connectivity index (χ4v) is 3.59. The molecule has 2 heterocycles. The lowest BCUT2D eigenvalue weighted by atomic mass is 10.1. The average Bonchev–Trinajstić information content (AvgIpc) is 3.09. The highest BCUT2D eigenvalue weighted by atomic mass is 16.1. The molecule has 5 nitrogen and oxygen atoms in total. The molecule has 0 unspecified atom stereocenters. The standard InChI is InChI=1S/C25H26N4O/c30-25(17-10-20-8-4-3-5-9-20)26-22-13-11-21(12-14-22)23-15-16-24(28-27-23)29-18-6-1-2-7-19-29/h3-5,8-17H,1-2,6-7,18-19H2,(H,26,30)/b17-10+. The van der Waals surface area contributed by atoms with Crippen molar-refractivity contribution in [1.82, 2.24) is 10.2 Å². The normalized spacial score (nSPS) is 14.5. The van der Waals surface area contributed by atoms with E-state index in [4.69, 9.17) is 0 Å². The molecule has 30 heavy (non-hydrogen) atoms. The Labute approximate surface area is 177 Å². The number of carbonyl (C=O) groups is 1. The summed E-state index contributed by atoms with van der Waals surface area (Å²) in [6.45, 7) is 2.11. The van der Waals surface area contributed by atoms with Gasteiger partial charge in [0.05, 0.1) is 5.69 Å². The molecule has 0 aliphatic carbocycles. The van der Waals surface area contributed by atoms with E-state index in [0.717, 1.165) is 41.4 Å². The molecule has 3 aromatic rings. The number of anilines is 2. The third-order valence-corrected chi connectivity index (χ3v) is 5.26. The van der Waals surface area contributed by atoms with E-state index in [2.05, 4.69) is 26.5 Å². The minimum absolute atomic E-state index is 0.159. The Kier molecular flexibility index (Phi) is 6.50. The molecule has 152 valence electrons. The van der Waals surface area contributed by atoms with Crippen molar-refractivity contribution in [3.63, 3.8) is 0 Å². The van der Waals surface area contributed by atoms with E-state index in [1.807, 2.05) is 60.7 Å². The first-order chi connectivity index (χ1) is 14.8. The van der Waals surface area contributed by atoms with Crippen LogP contribution in [-0.2, 0) is 4.79 Å². The number of nitrogens with one attached hydrogen (secondary N) is 1. The number of nitrogens with zero attached hydrogens (tertiary/aromatic N) is 3. The number of carbonyl (C=O) groups excluding carboxylic acids is 1. The highest BCUT2D eigenvalue weighted by Gasteiger charge is 2.12. The molecule has 1 amide bonds. The molecule has 1 fully saturated rings. The van der Waals surface area contributed by atoms with Crippen molar-refractivity contribution in [3.05, 3.63) is 78.4 Å². The number of aromatic nitrogens is 2. The Hall–Kier alpha value is -3.47. The van der Waals surface area contributed by atoms with E-state index in [9.17, 15) is 4.79 Å². The van der Waals surface area contributed by atoms with Crippen molar-refractivity contribution in [3.8, 4) is 11.3 Å². The van der Waals surface area contributed by atoms with Crippen molar-refractivity contribution in [2.45, 2.75) is 25.7 Å². The van der Waals surface area contributed by atoms with Crippen LogP contribution in [0.3, 0.4) is 0 Å². The summed E-state index contributed by atoms with van der Waals surface area (Å²) in [6.07, 6.45) is 8.37. The third-order valence-electron chi connectivity index (χ3n) is 5.26. The Bertz CT molecular complexity index is 974. The molecule has 4 rings (SSSR count). The van der Waals surface area contributed by atoms with Gasteiger partial charge < -0.3 is 10.2 Å². The largest absolute Gasteiger partial charge is 0.355 e. The van der Waals surface area contributed by atoms with E-state index < -0.39 is 0 Å². The Balaban J connectivity index is 1.37. The summed E-state index contributed by atoms with van der Waals surface area (Å²) in [4.78, 5) is 14.5. The predicted molar refractivity (Wildman–Crippen MR) is 122 cm³/mol. The van der Waals surface area contributed by atoms with Crippen molar-refractivity contribution in [2.24, 2.45) is 0 Å². The fraction of sp³-hybridized carbons (Fsp3) is 0.240. The summed E-state index contributed by atoms with van der Waals surface area (Å²) in [6, 6.07) is 21.5. The minimum atomic E-state index is -0.159. The van der Waals surface area contributed by atoms with Gasteiger partial charge in [-0.15, -0.1) is 10.2 Å². The van der Waals surface area contributed by atoms with Gasteiger partial charge in [0.1, 0.15) is 0 Å². The molecule has 2 aromatic carbocycles. The van der Waals surface area contributed by atoms with Crippen LogP contribution in [0, 0.1) is 0 Å². The van der Waals surface area contributed by atoms with Crippen LogP contribution >= 0.6 is 0 Å². The predicted octanol–water partition coefficient (Wildman–Crippen LogP) is 5.18. The number of hydrogen-bond acceptors (Lipinski definition) is 4. The molecule has 1 aromatic heterocycles. The van der Waals surface area contributed by atoms with Crippen molar-refractivity contribution >= 4 is 23.5 Å². The molecular formula is C25H26N4O. The molecule has 1 aliphatic heterocycles. The lowest BCUT2D eigenvalue weighted by Crippen LogP contribution is -2.25. The van der Waals surface area contributed by atoms with Gasteiger partial charge in [-0.3, -0.25) is 4.79 Å². The number of amides is 1. The van der Waals surface area contributed by atoms with Crippen LogP contribution in [0.2, 0.25) is 0 Å². The van der Waals surface area contributed by atoms with E-state index in [1.165, 1.54) is 31.8 Å². The molecule has 1 N–H and O–H groups in total. The molecular weight excluding hydrogens is 372 g/mol. The summed E-state index contributed by atoms with van der Waals surface area (Å²) < 4.78 is 0. The van der Waals surface area contributed by atoms with Gasteiger partial charge in [0.15, 0.2) is 5.82 Å².